The van der Waals surface area contributed by atoms with E-state index >= 15 is 4.39 Å². The average Bonchev–Trinajstić information content (AvgIpc) is 3.38. The summed E-state index contributed by atoms with van der Waals surface area (Å²) >= 11 is 0. The summed E-state index contributed by atoms with van der Waals surface area (Å²) in [7, 11) is 0. The number of nitrogens with one attached hydrogen (secondary N) is 1. The molecular weight excluding hydrogens is 481 g/mol. The van der Waals surface area contributed by atoms with E-state index in [-0.39, 0.29) is 30.8 Å². The first-order valence-corrected chi connectivity index (χ1v) is 12.3. The Bertz CT molecular complexity index is 1210. The van der Waals surface area contributed by atoms with Crippen molar-refractivity contribution in [1.82, 2.24) is 15.1 Å². The number of piperazine rings is 1. The second kappa shape index (κ2) is 10.2. The van der Waals surface area contributed by atoms with E-state index in [1.807, 2.05) is 4.90 Å². The van der Waals surface area contributed by atoms with Crippen molar-refractivity contribution in [2.75, 3.05) is 62.2 Å². The predicted molar refractivity (Wildman–Crippen MR) is 133 cm³/mol. The molecule has 0 radical (unpaired) electrons. The van der Waals surface area contributed by atoms with Crippen molar-refractivity contribution < 1.29 is 28.3 Å². The van der Waals surface area contributed by atoms with Crippen LogP contribution in [-0.4, -0.2) is 92.1 Å². The van der Waals surface area contributed by atoms with E-state index in [0.29, 0.717) is 61.8 Å². The van der Waals surface area contributed by atoms with Gasteiger partial charge in [-0.05, 0) is 30.3 Å². The van der Waals surface area contributed by atoms with E-state index < -0.39 is 18.0 Å². The molecule has 1 N–H and O–H groups in total. The lowest BCUT2D eigenvalue weighted by molar-refractivity contribution is -0.119. The quantitative estimate of drug-likeness (QED) is 0.567. The molecule has 0 unspecified atom stereocenters. The number of cyclic esters (lactones) is 1. The number of halogens is 1. The molecule has 10 nitrogen and oxygen atoms in total. The number of hydrogen-bond acceptors (Lipinski definition) is 7. The summed E-state index contributed by atoms with van der Waals surface area (Å²) in [5.41, 5.74) is 1.74. The summed E-state index contributed by atoms with van der Waals surface area (Å²) in [6.45, 7) is 5.17. The van der Waals surface area contributed by atoms with Gasteiger partial charge >= 0.3 is 6.09 Å². The Morgan fingerprint density at radius 2 is 1.68 bits per heavy atom. The van der Waals surface area contributed by atoms with Gasteiger partial charge in [0.05, 0.1) is 35.6 Å². The van der Waals surface area contributed by atoms with Gasteiger partial charge in [-0.2, -0.15) is 0 Å². The van der Waals surface area contributed by atoms with Crippen LogP contribution in [-0.2, 0) is 9.53 Å². The SMILES string of the molecule is CC(=O)NC[C@H]1CN(c2ccc(N3CCN(CCN4C(=O)c5ccccc5C4=O)CC3)c(F)c2)C(=O)O1. The number of anilines is 2. The number of imide groups is 1. The highest BCUT2D eigenvalue weighted by Crippen LogP contribution is 2.29. The van der Waals surface area contributed by atoms with E-state index in [4.69, 9.17) is 4.74 Å². The molecule has 2 aromatic rings. The molecule has 3 heterocycles. The van der Waals surface area contributed by atoms with Crippen molar-refractivity contribution in [1.29, 1.82) is 0 Å². The molecule has 37 heavy (non-hydrogen) atoms. The van der Waals surface area contributed by atoms with Crippen molar-refractivity contribution in [3.8, 4) is 0 Å². The molecule has 0 aliphatic carbocycles. The lowest BCUT2D eigenvalue weighted by Gasteiger charge is -2.36. The highest BCUT2D eigenvalue weighted by molar-refractivity contribution is 6.21. The zero-order valence-electron chi connectivity index (χ0n) is 20.5. The normalized spacial score (nSPS) is 19.9. The number of carbonyl (C=O) groups is 4. The maximum atomic E-state index is 15.1. The van der Waals surface area contributed by atoms with Gasteiger partial charge in [-0.1, -0.05) is 12.1 Å². The number of benzene rings is 2. The maximum Gasteiger partial charge on any atom is 0.414 e. The van der Waals surface area contributed by atoms with Gasteiger partial charge in [-0.25, -0.2) is 9.18 Å². The molecule has 0 aromatic heterocycles. The van der Waals surface area contributed by atoms with Gasteiger partial charge in [0, 0.05) is 46.2 Å². The zero-order chi connectivity index (χ0) is 26.1. The number of carbonyl (C=O) groups excluding carboxylic acids is 4. The smallest absolute Gasteiger partial charge is 0.414 e. The molecule has 3 aliphatic rings. The largest absolute Gasteiger partial charge is 0.442 e. The Labute approximate surface area is 213 Å². The van der Waals surface area contributed by atoms with Crippen molar-refractivity contribution >= 4 is 35.2 Å². The summed E-state index contributed by atoms with van der Waals surface area (Å²) in [6.07, 6.45) is -1.07. The van der Waals surface area contributed by atoms with E-state index in [1.165, 1.54) is 22.8 Å². The Hall–Kier alpha value is -3.99. The lowest BCUT2D eigenvalue weighted by Crippen LogP contribution is -2.49. The summed E-state index contributed by atoms with van der Waals surface area (Å²) < 4.78 is 20.3. The van der Waals surface area contributed by atoms with E-state index in [0.717, 1.165) is 0 Å². The summed E-state index contributed by atoms with van der Waals surface area (Å²) in [6, 6.07) is 11.5. The van der Waals surface area contributed by atoms with Crippen molar-refractivity contribution in [2.45, 2.75) is 13.0 Å². The molecule has 0 bridgehead atoms. The molecule has 0 saturated carbocycles. The third-order valence-electron chi connectivity index (χ3n) is 6.93. The Morgan fingerprint density at radius 1 is 1.00 bits per heavy atom. The van der Waals surface area contributed by atoms with Crippen LogP contribution in [0.15, 0.2) is 42.5 Å². The van der Waals surface area contributed by atoms with Gasteiger partial charge in [0.25, 0.3) is 11.8 Å². The van der Waals surface area contributed by atoms with Crippen LogP contribution in [0.4, 0.5) is 20.6 Å². The fraction of sp³-hybridized carbons (Fsp3) is 0.385. The Balaban J connectivity index is 1.14. The standard InChI is InChI=1S/C26H28FN5O5/c1-17(33)28-15-19-16-32(26(36)37-19)18-6-7-23(22(27)14-18)30-11-8-29(9-12-30)10-13-31-24(34)20-4-2-3-5-21(20)25(31)35/h2-7,14,19H,8-13,15-16H2,1H3,(H,28,33)/t19-/m0/s1. The third kappa shape index (κ3) is 4.99. The molecular formula is C26H28FN5O5. The summed E-state index contributed by atoms with van der Waals surface area (Å²) in [4.78, 5) is 55.2. The molecule has 4 amide bonds. The van der Waals surface area contributed by atoms with Gasteiger partial charge in [0.2, 0.25) is 5.91 Å². The minimum absolute atomic E-state index is 0.204. The Kier molecular flexibility index (Phi) is 6.79. The van der Waals surface area contributed by atoms with Crippen LogP contribution in [0.5, 0.6) is 0 Å². The fourth-order valence-corrected chi connectivity index (χ4v) is 4.91. The molecule has 194 valence electrons. The monoisotopic (exact) mass is 509 g/mol. The van der Waals surface area contributed by atoms with Gasteiger partial charge in [0.1, 0.15) is 11.9 Å². The zero-order valence-corrected chi connectivity index (χ0v) is 20.5. The van der Waals surface area contributed by atoms with Crippen molar-refractivity contribution in [2.24, 2.45) is 0 Å². The number of nitrogens with zero attached hydrogens (tertiary/aromatic N) is 4. The maximum absolute atomic E-state index is 15.1. The molecule has 2 fully saturated rings. The number of ether oxygens (including phenoxy) is 1. The molecule has 11 heteroatoms. The van der Waals surface area contributed by atoms with E-state index in [2.05, 4.69) is 10.2 Å². The molecule has 2 saturated heterocycles. The molecule has 3 aliphatic heterocycles. The van der Waals surface area contributed by atoms with Crippen LogP contribution in [0.3, 0.4) is 0 Å². The van der Waals surface area contributed by atoms with E-state index in [9.17, 15) is 19.2 Å². The van der Waals surface area contributed by atoms with Crippen LogP contribution in [0.2, 0.25) is 0 Å². The number of fused-ring (bicyclic) bond motifs is 1. The van der Waals surface area contributed by atoms with Gasteiger partial charge < -0.3 is 15.0 Å². The minimum atomic E-state index is -0.575. The first kappa shape index (κ1) is 24.7. The van der Waals surface area contributed by atoms with Gasteiger partial charge in [-0.15, -0.1) is 0 Å². The Morgan fingerprint density at radius 3 is 2.30 bits per heavy atom. The van der Waals surface area contributed by atoms with Crippen molar-refractivity contribution in [3.05, 3.63) is 59.4 Å². The highest BCUT2D eigenvalue weighted by atomic mass is 19.1. The third-order valence-corrected chi connectivity index (χ3v) is 6.93. The lowest BCUT2D eigenvalue weighted by atomic mass is 10.1. The number of rotatable bonds is 7. The number of amides is 4. The van der Waals surface area contributed by atoms with Gasteiger partial charge in [-0.3, -0.25) is 29.1 Å². The van der Waals surface area contributed by atoms with E-state index in [1.54, 1.807) is 36.4 Å². The van der Waals surface area contributed by atoms with Crippen molar-refractivity contribution in [3.63, 3.8) is 0 Å². The molecule has 1 atom stereocenters. The average molecular weight is 510 g/mol. The molecule has 2 aromatic carbocycles. The predicted octanol–water partition coefficient (Wildman–Crippen LogP) is 1.71. The highest BCUT2D eigenvalue weighted by Gasteiger charge is 2.35. The van der Waals surface area contributed by atoms with Crippen LogP contribution in [0.25, 0.3) is 0 Å². The summed E-state index contributed by atoms with van der Waals surface area (Å²) in [5.74, 6) is -1.17. The van der Waals surface area contributed by atoms with Crippen LogP contribution >= 0.6 is 0 Å². The second-order valence-electron chi connectivity index (χ2n) is 9.33. The number of hydrogen-bond donors (Lipinski definition) is 1. The van der Waals surface area contributed by atoms with Crippen LogP contribution in [0, 0.1) is 5.82 Å². The molecule has 0 spiro atoms. The van der Waals surface area contributed by atoms with Crippen LogP contribution in [0.1, 0.15) is 27.6 Å². The van der Waals surface area contributed by atoms with Gasteiger partial charge in [0.15, 0.2) is 0 Å². The first-order valence-electron chi connectivity index (χ1n) is 12.3. The summed E-state index contributed by atoms with van der Waals surface area (Å²) in [5, 5.41) is 2.62. The minimum Gasteiger partial charge on any atom is -0.442 e. The topological polar surface area (TPSA) is 103 Å². The fourth-order valence-electron chi connectivity index (χ4n) is 4.91. The first-order chi connectivity index (χ1) is 17.8. The van der Waals surface area contributed by atoms with Crippen LogP contribution < -0.4 is 15.1 Å². The second-order valence-corrected chi connectivity index (χ2v) is 9.33. The molecule has 5 rings (SSSR count).